The molecular weight excluding hydrogens is 220 g/mol. The highest BCUT2D eigenvalue weighted by atomic mass is 14.9. The van der Waals surface area contributed by atoms with E-state index in [-0.39, 0.29) is 5.54 Å². The Hall–Kier alpha value is -1.38. The summed E-state index contributed by atoms with van der Waals surface area (Å²) in [6.45, 7) is 4.14. The third-order valence-corrected chi connectivity index (χ3v) is 3.25. The summed E-state index contributed by atoms with van der Waals surface area (Å²) in [6, 6.07) is 15.4. The van der Waals surface area contributed by atoms with Gasteiger partial charge >= 0.3 is 0 Å². The molecule has 2 aromatic rings. The number of nitrogens with two attached hydrogens (primary N) is 1. The third kappa shape index (κ3) is 3.09. The molecule has 0 saturated heterocycles. The molecule has 1 unspecified atom stereocenters. The maximum absolute atomic E-state index is 6.12. The van der Waals surface area contributed by atoms with Gasteiger partial charge in [-0.3, -0.25) is 0 Å². The van der Waals surface area contributed by atoms with Crippen molar-refractivity contribution < 1.29 is 0 Å². The molecular formula is C16H22N2. The molecule has 0 heterocycles. The van der Waals surface area contributed by atoms with E-state index < -0.39 is 0 Å². The van der Waals surface area contributed by atoms with Crippen molar-refractivity contribution in [1.82, 2.24) is 5.32 Å². The summed E-state index contributed by atoms with van der Waals surface area (Å²) < 4.78 is 0. The van der Waals surface area contributed by atoms with Crippen molar-refractivity contribution in [3.8, 4) is 0 Å². The van der Waals surface area contributed by atoms with Crippen LogP contribution in [-0.4, -0.2) is 12.6 Å². The van der Waals surface area contributed by atoms with Crippen LogP contribution in [0.25, 0.3) is 10.8 Å². The van der Waals surface area contributed by atoms with E-state index in [9.17, 15) is 0 Å². The van der Waals surface area contributed by atoms with Crippen molar-refractivity contribution >= 4 is 10.8 Å². The lowest BCUT2D eigenvalue weighted by Crippen LogP contribution is -2.36. The van der Waals surface area contributed by atoms with E-state index in [0.29, 0.717) is 6.04 Å². The topological polar surface area (TPSA) is 38.0 Å². The Morgan fingerprint density at radius 2 is 1.78 bits per heavy atom. The molecule has 2 nitrogen and oxygen atoms in total. The summed E-state index contributed by atoms with van der Waals surface area (Å²) >= 11 is 0. The molecule has 2 aromatic carbocycles. The van der Waals surface area contributed by atoms with Crippen LogP contribution in [0.4, 0.5) is 0 Å². The number of fused-ring (bicyclic) bond motifs is 1. The summed E-state index contributed by atoms with van der Waals surface area (Å²) in [5.74, 6) is 0. The van der Waals surface area contributed by atoms with Gasteiger partial charge in [0, 0.05) is 11.6 Å². The monoisotopic (exact) mass is 242 g/mol. The van der Waals surface area contributed by atoms with Gasteiger partial charge in [0.2, 0.25) is 0 Å². The molecule has 18 heavy (non-hydrogen) atoms. The zero-order valence-electron chi connectivity index (χ0n) is 11.4. The Morgan fingerprint density at radius 3 is 2.39 bits per heavy atom. The predicted molar refractivity (Wildman–Crippen MR) is 78.6 cm³/mol. The third-order valence-electron chi connectivity index (χ3n) is 3.25. The number of benzene rings is 2. The second-order valence-electron chi connectivity index (χ2n) is 5.64. The average molecular weight is 242 g/mol. The first-order valence-electron chi connectivity index (χ1n) is 6.44. The second-order valence-corrected chi connectivity index (χ2v) is 5.64. The van der Waals surface area contributed by atoms with Crippen LogP contribution in [-0.2, 0) is 0 Å². The Bertz CT molecular complexity index is 526. The van der Waals surface area contributed by atoms with Crippen molar-refractivity contribution in [2.24, 2.45) is 5.73 Å². The molecule has 0 fully saturated rings. The van der Waals surface area contributed by atoms with Gasteiger partial charge in [-0.1, -0.05) is 36.4 Å². The molecule has 2 rings (SSSR count). The molecule has 0 saturated carbocycles. The number of nitrogens with one attached hydrogen (secondary N) is 1. The van der Waals surface area contributed by atoms with Gasteiger partial charge in [-0.25, -0.2) is 0 Å². The molecule has 0 aliphatic rings. The number of hydrogen-bond donors (Lipinski definition) is 2. The van der Waals surface area contributed by atoms with Gasteiger partial charge in [0.15, 0.2) is 0 Å². The SMILES string of the molecule is CNC(CC(C)(C)N)c1ccc2ccccc2c1. The molecule has 0 spiro atoms. The maximum atomic E-state index is 6.12. The molecule has 0 aromatic heterocycles. The van der Waals surface area contributed by atoms with Gasteiger partial charge < -0.3 is 11.1 Å². The van der Waals surface area contributed by atoms with Gasteiger partial charge in [-0.2, -0.15) is 0 Å². The van der Waals surface area contributed by atoms with Crippen LogP contribution in [0.5, 0.6) is 0 Å². The van der Waals surface area contributed by atoms with Crippen molar-refractivity contribution in [1.29, 1.82) is 0 Å². The first-order valence-corrected chi connectivity index (χ1v) is 6.44. The van der Waals surface area contributed by atoms with Gasteiger partial charge in [0.05, 0.1) is 0 Å². The fraction of sp³-hybridized carbons (Fsp3) is 0.375. The van der Waals surface area contributed by atoms with Gasteiger partial charge in [0.1, 0.15) is 0 Å². The molecule has 0 bridgehead atoms. The first-order chi connectivity index (χ1) is 8.49. The Kier molecular flexibility index (Phi) is 3.69. The Morgan fingerprint density at radius 1 is 1.11 bits per heavy atom. The number of rotatable bonds is 4. The number of hydrogen-bond acceptors (Lipinski definition) is 2. The van der Waals surface area contributed by atoms with E-state index in [4.69, 9.17) is 5.73 Å². The Balaban J connectivity index is 2.33. The summed E-state index contributed by atoms with van der Waals surface area (Å²) in [5.41, 5.74) is 7.26. The van der Waals surface area contributed by atoms with Crippen LogP contribution in [0.2, 0.25) is 0 Å². The smallest absolute Gasteiger partial charge is 0.0335 e. The molecule has 3 N–H and O–H groups in total. The molecule has 0 radical (unpaired) electrons. The fourth-order valence-electron chi connectivity index (χ4n) is 2.34. The highest BCUT2D eigenvalue weighted by Gasteiger charge is 2.19. The second kappa shape index (κ2) is 5.09. The molecule has 1 atom stereocenters. The lowest BCUT2D eigenvalue weighted by atomic mass is 9.91. The van der Waals surface area contributed by atoms with E-state index in [0.717, 1.165) is 6.42 Å². The quantitative estimate of drug-likeness (QED) is 0.864. The first kappa shape index (κ1) is 13.1. The summed E-state index contributed by atoms with van der Waals surface area (Å²) in [6.07, 6.45) is 0.918. The largest absolute Gasteiger partial charge is 0.325 e. The van der Waals surface area contributed by atoms with Crippen LogP contribution >= 0.6 is 0 Å². The molecule has 0 aliphatic carbocycles. The van der Waals surface area contributed by atoms with E-state index in [1.807, 2.05) is 7.05 Å². The highest BCUT2D eigenvalue weighted by Crippen LogP contribution is 2.25. The fourth-order valence-corrected chi connectivity index (χ4v) is 2.34. The van der Waals surface area contributed by atoms with E-state index in [1.165, 1.54) is 16.3 Å². The van der Waals surface area contributed by atoms with Crippen LogP contribution in [0.1, 0.15) is 31.9 Å². The van der Waals surface area contributed by atoms with Crippen LogP contribution in [0.15, 0.2) is 42.5 Å². The zero-order chi connectivity index (χ0) is 13.2. The van der Waals surface area contributed by atoms with E-state index >= 15 is 0 Å². The van der Waals surface area contributed by atoms with Crippen molar-refractivity contribution in [2.75, 3.05) is 7.05 Å². The molecule has 0 amide bonds. The van der Waals surface area contributed by atoms with Gasteiger partial charge in [-0.15, -0.1) is 0 Å². The van der Waals surface area contributed by atoms with Crippen molar-refractivity contribution in [3.63, 3.8) is 0 Å². The minimum absolute atomic E-state index is 0.167. The van der Waals surface area contributed by atoms with Crippen LogP contribution < -0.4 is 11.1 Å². The van der Waals surface area contributed by atoms with Crippen LogP contribution in [0.3, 0.4) is 0 Å². The Labute approximate surface area is 109 Å². The average Bonchev–Trinajstić information content (AvgIpc) is 2.34. The summed E-state index contributed by atoms with van der Waals surface area (Å²) in [7, 11) is 1.99. The van der Waals surface area contributed by atoms with Gasteiger partial charge in [0.25, 0.3) is 0 Å². The maximum Gasteiger partial charge on any atom is 0.0335 e. The molecule has 2 heteroatoms. The predicted octanol–water partition coefficient (Wildman–Crippen LogP) is 3.23. The zero-order valence-corrected chi connectivity index (χ0v) is 11.4. The molecule has 0 aliphatic heterocycles. The molecule has 96 valence electrons. The minimum atomic E-state index is -0.167. The van der Waals surface area contributed by atoms with Gasteiger partial charge in [-0.05, 0) is 49.7 Å². The lowest BCUT2D eigenvalue weighted by molar-refractivity contribution is 0.396. The lowest BCUT2D eigenvalue weighted by Gasteiger charge is -2.26. The summed E-state index contributed by atoms with van der Waals surface area (Å²) in [4.78, 5) is 0. The highest BCUT2D eigenvalue weighted by molar-refractivity contribution is 5.83. The minimum Gasteiger partial charge on any atom is -0.325 e. The van der Waals surface area contributed by atoms with Crippen molar-refractivity contribution in [2.45, 2.75) is 31.8 Å². The van der Waals surface area contributed by atoms with Crippen molar-refractivity contribution in [3.05, 3.63) is 48.0 Å². The summed E-state index contributed by atoms with van der Waals surface area (Å²) in [5, 5.41) is 5.92. The van der Waals surface area contributed by atoms with Crippen LogP contribution in [0, 0.1) is 0 Å². The van der Waals surface area contributed by atoms with E-state index in [1.54, 1.807) is 0 Å². The standard InChI is InChI=1S/C16H22N2/c1-16(2,17)11-15(18-3)14-9-8-12-6-4-5-7-13(12)10-14/h4-10,15,18H,11,17H2,1-3H3. The normalized spacial score (nSPS) is 13.8. The van der Waals surface area contributed by atoms with E-state index in [2.05, 4.69) is 61.6 Å².